The highest BCUT2D eigenvalue weighted by atomic mass is 16.2. The lowest BCUT2D eigenvalue weighted by atomic mass is 10.1. The summed E-state index contributed by atoms with van der Waals surface area (Å²) in [5.41, 5.74) is 8.31. The Morgan fingerprint density at radius 3 is 2.47 bits per heavy atom. The Morgan fingerprint density at radius 1 is 1.21 bits per heavy atom. The lowest BCUT2D eigenvalue weighted by Gasteiger charge is -2.34. The van der Waals surface area contributed by atoms with Gasteiger partial charge in [0.15, 0.2) is 0 Å². The Kier molecular flexibility index (Phi) is 3.19. The molecule has 1 aromatic carbocycles. The van der Waals surface area contributed by atoms with Gasteiger partial charge in [0.2, 0.25) is 0 Å². The van der Waals surface area contributed by atoms with E-state index in [1.54, 1.807) is 6.07 Å². The molecule has 0 unspecified atom stereocenters. The number of hydrogen-bond donors (Lipinski definition) is 1. The maximum Gasteiger partial charge on any atom is 0.254 e. The van der Waals surface area contributed by atoms with E-state index < -0.39 is 0 Å². The van der Waals surface area contributed by atoms with Crippen LogP contribution in [-0.2, 0) is 0 Å². The molecule has 102 valence electrons. The highest BCUT2D eigenvalue weighted by Crippen LogP contribution is 2.27. The van der Waals surface area contributed by atoms with E-state index in [0.717, 1.165) is 37.8 Å². The zero-order chi connectivity index (χ0) is 13.4. The smallest absolute Gasteiger partial charge is 0.254 e. The van der Waals surface area contributed by atoms with Gasteiger partial charge in [-0.05, 0) is 37.5 Å². The summed E-state index contributed by atoms with van der Waals surface area (Å²) in [5.74, 6) is 0.113. The third-order valence-corrected chi connectivity index (χ3v) is 4.19. The molecule has 0 atom stereocenters. The van der Waals surface area contributed by atoms with Crippen molar-refractivity contribution in [2.75, 3.05) is 31.9 Å². The van der Waals surface area contributed by atoms with Crippen molar-refractivity contribution in [1.82, 2.24) is 9.80 Å². The molecule has 1 amide bonds. The van der Waals surface area contributed by atoms with Crippen molar-refractivity contribution in [3.05, 3.63) is 29.3 Å². The molecule has 0 radical (unpaired) electrons. The predicted octanol–water partition coefficient (Wildman–Crippen LogP) is 1.50. The number of rotatable bonds is 2. The first-order valence-electron chi connectivity index (χ1n) is 7.04. The number of piperazine rings is 1. The average molecular weight is 259 g/mol. The van der Waals surface area contributed by atoms with Crippen molar-refractivity contribution in [2.45, 2.75) is 25.8 Å². The van der Waals surface area contributed by atoms with E-state index in [2.05, 4.69) is 4.90 Å². The third kappa shape index (κ3) is 2.59. The van der Waals surface area contributed by atoms with Crippen molar-refractivity contribution >= 4 is 11.6 Å². The van der Waals surface area contributed by atoms with Crippen molar-refractivity contribution in [1.29, 1.82) is 0 Å². The zero-order valence-electron chi connectivity index (χ0n) is 11.4. The summed E-state index contributed by atoms with van der Waals surface area (Å²) >= 11 is 0. The van der Waals surface area contributed by atoms with Crippen LogP contribution in [0.1, 0.15) is 28.8 Å². The molecule has 3 rings (SSSR count). The maximum absolute atomic E-state index is 12.4. The second kappa shape index (κ2) is 4.85. The number of amides is 1. The standard InChI is InChI=1S/C15H21N3O/c1-11-2-3-12(10-14(11)16)15(19)18-8-6-17(7-9-18)13-4-5-13/h2-3,10,13H,4-9,16H2,1H3. The van der Waals surface area contributed by atoms with Crippen molar-refractivity contribution < 1.29 is 4.79 Å². The zero-order valence-corrected chi connectivity index (χ0v) is 11.4. The topological polar surface area (TPSA) is 49.6 Å². The molecule has 1 aromatic rings. The van der Waals surface area contributed by atoms with Gasteiger partial charge in [-0.1, -0.05) is 6.07 Å². The first-order chi connectivity index (χ1) is 9.15. The van der Waals surface area contributed by atoms with Crippen LogP contribution in [0.25, 0.3) is 0 Å². The fourth-order valence-electron chi connectivity index (χ4n) is 2.69. The number of anilines is 1. The van der Waals surface area contributed by atoms with Gasteiger partial charge < -0.3 is 10.6 Å². The minimum absolute atomic E-state index is 0.113. The molecule has 1 aliphatic carbocycles. The molecule has 0 aromatic heterocycles. The van der Waals surface area contributed by atoms with Crippen molar-refractivity contribution in [3.63, 3.8) is 0 Å². The minimum atomic E-state index is 0.113. The summed E-state index contributed by atoms with van der Waals surface area (Å²) in [6.07, 6.45) is 2.67. The number of nitrogens with two attached hydrogens (primary N) is 1. The molecule has 4 heteroatoms. The second-order valence-corrected chi connectivity index (χ2v) is 5.63. The summed E-state index contributed by atoms with van der Waals surface area (Å²) in [6.45, 7) is 5.65. The number of nitrogens with zero attached hydrogens (tertiary/aromatic N) is 2. The number of carbonyl (C=O) groups is 1. The first-order valence-corrected chi connectivity index (χ1v) is 7.04. The van der Waals surface area contributed by atoms with E-state index in [9.17, 15) is 4.79 Å². The monoisotopic (exact) mass is 259 g/mol. The van der Waals surface area contributed by atoms with Crippen LogP contribution in [0.4, 0.5) is 5.69 Å². The number of hydrogen-bond acceptors (Lipinski definition) is 3. The van der Waals surface area contributed by atoms with Gasteiger partial charge in [-0.3, -0.25) is 9.69 Å². The summed E-state index contributed by atoms with van der Waals surface area (Å²) in [4.78, 5) is 16.9. The predicted molar refractivity (Wildman–Crippen MR) is 76.1 cm³/mol. The summed E-state index contributed by atoms with van der Waals surface area (Å²) in [7, 11) is 0. The molecule has 2 aliphatic rings. The van der Waals surface area contributed by atoms with E-state index in [4.69, 9.17) is 5.73 Å². The van der Waals surface area contributed by atoms with Gasteiger partial charge >= 0.3 is 0 Å². The second-order valence-electron chi connectivity index (χ2n) is 5.63. The number of carbonyl (C=O) groups excluding carboxylic acids is 1. The molecule has 1 aliphatic heterocycles. The Morgan fingerprint density at radius 2 is 1.89 bits per heavy atom. The van der Waals surface area contributed by atoms with Crippen LogP contribution >= 0.6 is 0 Å². The van der Waals surface area contributed by atoms with E-state index in [1.807, 2.05) is 24.0 Å². The van der Waals surface area contributed by atoms with Gasteiger partial charge in [0.25, 0.3) is 5.91 Å². The van der Waals surface area contributed by atoms with Crippen LogP contribution in [0.5, 0.6) is 0 Å². The summed E-state index contributed by atoms with van der Waals surface area (Å²) < 4.78 is 0. The highest BCUT2D eigenvalue weighted by Gasteiger charge is 2.32. The molecule has 4 nitrogen and oxygen atoms in total. The molecule has 0 spiro atoms. The molecule has 1 saturated heterocycles. The van der Waals surface area contributed by atoms with Crippen LogP contribution in [0.15, 0.2) is 18.2 Å². The van der Waals surface area contributed by atoms with Gasteiger partial charge in [0, 0.05) is 43.5 Å². The van der Waals surface area contributed by atoms with E-state index in [1.165, 1.54) is 12.8 Å². The molecule has 2 fully saturated rings. The van der Waals surface area contributed by atoms with E-state index in [-0.39, 0.29) is 5.91 Å². The van der Waals surface area contributed by atoms with Crippen LogP contribution in [0.2, 0.25) is 0 Å². The normalized spacial score (nSPS) is 20.6. The average Bonchev–Trinajstić information content (AvgIpc) is 3.26. The molecule has 1 saturated carbocycles. The molecule has 2 N–H and O–H groups in total. The molecule has 19 heavy (non-hydrogen) atoms. The summed E-state index contributed by atoms with van der Waals surface area (Å²) in [5, 5.41) is 0. The lowest BCUT2D eigenvalue weighted by Crippen LogP contribution is -2.49. The largest absolute Gasteiger partial charge is 0.398 e. The molecular formula is C15H21N3O. The SMILES string of the molecule is Cc1ccc(C(=O)N2CCN(C3CC3)CC2)cc1N. The van der Waals surface area contributed by atoms with Gasteiger partial charge in [-0.2, -0.15) is 0 Å². The fraction of sp³-hybridized carbons (Fsp3) is 0.533. The Balaban J connectivity index is 1.65. The summed E-state index contributed by atoms with van der Waals surface area (Å²) in [6, 6.07) is 6.39. The van der Waals surface area contributed by atoms with E-state index >= 15 is 0 Å². The minimum Gasteiger partial charge on any atom is -0.398 e. The van der Waals surface area contributed by atoms with E-state index in [0.29, 0.717) is 11.3 Å². The Labute approximate surface area is 114 Å². The van der Waals surface area contributed by atoms with Crippen LogP contribution < -0.4 is 5.73 Å². The molecule has 1 heterocycles. The molecule has 0 bridgehead atoms. The van der Waals surface area contributed by atoms with Gasteiger partial charge in [-0.25, -0.2) is 0 Å². The Bertz CT molecular complexity index is 488. The van der Waals surface area contributed by atoms with Crippen LogP contribution in [0.3, 0.4) is 0 Å². The van der Waals surface area contributed by atoms with Crippen molar-refractivity contribution in [2.24, 2.45) is 0 Å². The lowest BCUT2D eigenvalue weighted by molar-refractivity contribution is 0.0627. The maximum atomic E-state index is 12.4. The van der Waals surface area contributed by atoms with Gasteiger partial charge in [0.05, 0.1) is 0 Å². The number of aryl methyl sites for hydroxylation is 1. The van der Waals surface area contributed by atoms with Gasteiger partial charge in [0.1, 0.15) is 0 Å². The third-order valence-electron chi connectivity index (χ3n) is 4.19. The quantitative estimate of drug-likeness (QED) is 0.819. The van der Waals surface area contributed by atoms with Crippen LogP contribution in [0, 0.1) is 6.92 Å². The number of nitrogen functional groups attached to an aromatic ring is 1. The molecular weight excluding hydrogens is 238 g/mol. The Hall–Kier alpha value is -1.55. The number of benzene rings is 1. The van der Waals surface area contributed by atoms with Gasteiger partial charge in [-0.15, -0.1) is 0 Å². The van der Waals surface area contributed by atoms with Crippen molar-refractivity contribution in [3.8, 4) is 0 Å². The van der Waals surface area contributed by atoms with Crippen LogP contribution in [-0.4, -0.2) is 47.9 Å². The highest BCUT2D eigenvalue weighted by molar-refractivity contribution is 5.95. The first kappa shape index (κ1) is 12.5. The fourth-order valence-corrected chi connectivity index (χ4v) is 2.69.